The van der Waals surface area contributed by atoms with E-state index >= 15 is 0 Å². The van der Waals surface area contributed by atoms with E-state index in [1.807, 2.05) is 102 Å². The molecule has 0 aromatic heterocycles. The summed E-state index contributed by atoms with van der Waals surface area (Å²) < 4.78 is 16.8. The fourth-order valence-corrected chi connectivity index (χ4v) is 6.12. The standard InChI is InChI=1S/C35H34N4O5/c1-2-42-30-10-6-5-9-29(30)37-17-19-38(20-18-37)34(40)25-12-14-26(15-13-25)36-33-27-7-3-4-8-28(27)35(41)39(33)22-24-11-16-31-32(21-24)44-23-43-31/h3-16,21,33,36H,2,17-20,22-23H2,1H3. The average molecular weight is 591 g/mol. The van der Waals surface area contributed by atoms with E-state index in [2.05, 4.69) is 16.3 Å². The van der Waals surface area contributed by atoms with Crippen LogP contribution >= 0.6 is 0 Å². The maximum absolute atomic E-state index is 13.5. The second-order valence-corrected chi connectivity index (χ2v) is 11.0. The molecule has 1 atom stereocenters. The van der Waals surface area contributed by atoms with Crippen molar-refractivity contribution in [2.45, 2.75) is 19.6 Å². The van der Waals surface area contributed by atoms with Gasteiger partial charge in [0.1, 0.15) is 11.9 Å². The largest absolute Gasteiger partial charge is 0.492 e. The highest BCUT2D eigenvalue weighted by atomic mass is 16.7. The molecule has 1 unspecified atom stereocenters. The number of benzene rings is 4. The molecule has 1 saturated heterocycles. The molecule has 9 nitrogen and oxygen atoms in total. The summed E-state index contributed by atoms with van der Waals surface area (Å²) in [6.07, 6.45) is -0.363. The van der Waals surface area contributed by atoms with Gasteiger partial charge in [0.2, 0.25) is 6.79 Å². The van der Waals surface area contributed by atoms with Crippen LogP contribution in [0.1, 0.15) is 44.9 Å². The minimum atomic E-state index is -0.363. The lowest BCUT2D eigenvalue weighted by molar-refractivity contribution is 0.0726. The van der Waals surface area contributed by atoms with Gasteiger partial charge in [-0.2, -0.15) is 0 Å². The topological polar surface area (TPSA) is 83.6 Å². The van der Waals surface area contributed by atoms with E-state index in [9.17, 15) is 9.59 Å². The second-order valence-electron chi connectivity index (χ2n) is 11.0. The number of nitrogens with one attached hydrogen (secondary N) is 1. The first kappa shape index (κ1) is 27.6. The zero-order valence-electron chi connectivity index (χ0n) is 24.6. The smallest absolute Gasteiger partial charge is 0.256 e. The number of amides is 2. The van der Waals surface area contributed by atoms with Crippen LogP contribution in [0, 0.1) is 0 Å². The molecule has 0 bridgehead atoms. The molecular weight excluding hydrogens is 556 g/mol. The van der Waals surface area contributed by atoms with Gasteiger partial charge in [-0.15, -0.1) is 0 Å². The van der Waals surface area contributed by atoms with Crippen LogP contribution in [0.15, 0.2) is 91.0 Å². The summed E-state index contributed by atoms with van der Waals surface area (Å²) in [6.45, 7) is 5.95. The van der Waals surface area contributed by atoms with Crippen LogP contribution in [0.25, 0.3) is 0 Å². The Labute approximate surface area is 256 Å². The molecule has 2 amide bonds. The van der Waals surface area contributed by atoms with Gasteiger partial charge in [0.05, 0.1) is 12.3 Å². The lowest BCUT2D eigenvalue weighted by Gasteiger charge is -2.36. The third-order valence-electron chi connectivity index (χ3n) is 8.36. The van der Waals surface area contributed by atoms with Crippen LogP contribution in [0.4, 0.5) is 11.4 Å². The van der Waals surface area contributed by atoms with E-state index in [0.29, 0.717) is 48.9 Å². The molecule has 3 heterocycles. The lowest BCUT2D eigenvalue weighted by Crippen LogP contribution is -2.48. The number of rotatable bonds is 8. The van der Waals surface area contributed by atoms with Gasteiger partial charge in [-0.05, 0) is 67.1 Å². The molecule has 0 aliphatic carbocycles. The predicted molar refractivity (Wildman–Crippen MR) is 167 cm³/mol. The van der Waals surface area contributed by atoms with Crippen LogP contribution in [-0.4, -0.2) is 61.2 Å². The number of carbonyl (C=O) groups excluding carboxylic acids is 2. The summed E-state index contributed by atoms with van der Waals surface area (Å²) in [4.78, 5) is 32.9. The Hall–Kier alpha value is -5.18. The number of hydrogen-bond donors (Lipinski definition) is 1. The summed E-state index contributed by atoms with van der Waals surface area (Å²) in [5, 5.41) is 3.54. The van der Waals surface area contributed by atoms with Crippen LogP contribution in [0.5, 0.6) is 17.2 Å². The van der Waals surface area contributed by atoms with Crippen LogP contribution in [0.2, 0.25) is 0 Å². The first-order chi connectivity index (χ1) is 21.6. The summed E-state index contributed by atoms with van der Waals surface area (Å²) >= 11 is 0. The molecule has 0 saturated carbocycles. The van der Waals surface area contributed by atoms with Gasteiger partial charge >= 0.3 is 0 Å². The Kier molecular flexibility index (Phi) is 7.43. The van der Waals surface area contributed by atoms with Crippen LogP contribution < -0.4 is 24.4 Å². The minimum Gasteiger partial charge on any atom is -0.492 e. The molecule has 4 aromatic carbocycles. The zero-order valence-corrected chi connectivity index (χ0v) is 24.6. The molecule has 9 heteroatoms. The number of hydrogen-bond acceptors (Lipinski definition) is 7. The Morgan fingerprint density at radius 3 is 2.45 bits per heavy atom. The van der Waals surface area contributed by atoms with Crippen molar-refractivity contribution < 1.29 is 23.8 Å². The van der Waals surface area contributed by atoms with Crippen LogP contribution in [0.3, 0.4) is 0 Å². The highest BCUT2D eigenvalue weighted by Gasteiger charge is 2.36. The fourth-order valence-electron chi connectivity index (χ4n) is 6.12. The molecular formula is C35H34N4O5. The summed E-state index contributed by atoms with van der Waals surface area (Å²) in [5.41, 5.74) is 5.08. The molecule has 0 spiro atoms. The van der Waals surface area contributed by atoms with Crippen molar-refractivity contribution in [2.24, 2.45) is 0 Å². The molecule has 3 aliphatic heterocycles. The van der Waals surface area contributed by atoms with Crippen molar-refractivity contribution in [1.82, 2.24) is 9.80 Å². The molecule has 224 valence electrons. The Morgan fingerprint density at radius 2 is 1.64 bits per heavy atom. The van der Waals surface area contributed by atoms with Gasteiger partial charge in [-0.3, -0.25) is 9.59 Å². The quantitative estimate of drug-likeness (QED) is 0.288. The highest BCUT2D eigenvalue weighted by Crippen LogP contribution is 2.38. The van der Waals surface area contributed by atoms with Crippen molar-refractivity contribution >= 4 is 23.2 Å². The number of piperazine rings is 1. The number of fused-ring (bicyclic) bond motifs is 2. The minimum absolute atomic E-state index is 0.0140. The van der Waals surface area contributed by atoms with Crippen molar-refractivity contribution in [3.05, 3.63) is 113 Å². The molecule has 7 rings (SSSR count). The SMILES string of the molecule is CCOc1ccccc1N1CCN(C(=O)c2ccc(NC3c4ccccc4C(=O)N3Cc3ccc4c(c3)OCO4)cc2)CC1. The van der Waals surface area contributed by atoms with Gasteiger partial charge < -0.3 is 34.2 Å². The van der Waals surface area contributed by atoms with E-state index in [-0.39, 0.29) is 24.8 Å². The first-order valence-electron chi connectivity index (χ1n) is 15.0. The molecule has 4 aromatic rings. The summed E-state index contributed by atoms with van der Waals surface area (Å²) in [5.74, 6) is 2.25. The molecule has 3 aliphatic rings. The lowest BCUT2D eigenvalue weighted by atomic mass is 10.1. The van der Waals surface area contributed by atoms with Gasteiger partial charge in [-0.1, -0.05) is 36.4 Å². The Bertz CT molecular complexity index is 1680. The van der Waals surface area contributed by atoms with Crippen molar-refractivity contribution in [3.63, 3.8) is 0 Å². The fraction of sp³-hybridized carbons (Fsp3) is 0.257. The monoisotopic (exact) mass is 590 g/mol. The zero-order chi connectivity index (χ0) is 30.0. The number of anilines is 2. The van der Waals surface area contributed by atoms with E-state index < -0.39 is 0 Å². The molecule has 44 heavy (non-hydrogen) atoms. The Balaban J connectivity index is 1.03. The maximum Gasteiger partial charge on any atom is 0.256 e. The highest BCUT2D eigenvalue weighted by molar-refractivity contribution is 5.99. The van der Waals surface area contributed by atoms with Gasteiger partial charge in [-0.25, -0.2) is 0 Å². The summed E-state index contributed by atoms with van der Waals surface area (Å²) in [7, 11) is 0. The second kappa shape index (κ2) is 11.8. The van der Waals surface area contributed by atoms with Crippen molar-refractivity contribution in [2.75, 3.05) is 49.8 Å². The number of carbonyl (C=O) groups is 2. The van der Waals surface area contributed by atoms with E-state index in [1.165, 1.54) is 0 Å². The van der Waals surface area contributed by atoms with Gasteiger partial charge in [0, 0.05) is 55.1 Å². The average Bonchev–Trinajstić information content (AvgIpc) is 3.64. The van der Waals surface area contributed by atoms with Crippen LogP contribution in [-0.2, 0) is 6.54 Å². The number of ether oxygens (including phenoxy) is 3. The molecule has 1 fully saturated rings. The maximum atomic E-state index is 13.5. The number of nitrogens with zero attached hydrogens (tertiary/aromatic N) is 3. The predicted octanol–water partition coefficient (Wildman–Crippen LogP) is 5.54. The summed E-state index contributed by atoms with van der Waals surface area (Å²) in [6, 6.07) is 29.0. The van der Waals surface area contributed by atoms with E-state index in [1.54, 1.807) is 0 Å². The van der Waals surface area contributed by atoms with Crippen molar-refractivity contribution in [1.29, 1.82) is 0 Å². The normalized spacial score (nSPS) is 17.1. The third kappa shape index (κ3) is 5.25. The molecule has 0 radical (unpaired) electrons. The van der Waals surface area contributed by atoms with Gasteiger partial charge in [0.25, 0.3) is 11.8 Å². The number of para-hydroxylation sites is 2. The molecule has 1 N–H and O–H groups in total. The van der Waals surface area contributed by atoms with Crippen molar-refractivity contribution in [3.8, 4) is 17.2 Å². The van der Waals surface area contributed by atoms with E-state index in [4.69, 9.17) is 14.2 Å². The van der Waals surface area contributed by atoms with E-state index in [0.717, 1.165) is 41.3 Å². The third-order valence-corrected chi connectivity index (χ3v) is 8.36. The first-order valence-corrected chi connectivity index (χ1v) is 15.0. The Morgan fingerprint density at radius 1 is 0.886 bits per heavy atom. The van der Waals surface area contributed by atoms with Gasteiger partial charge in [0.15, 0.2) is 11.5 Å².